The van der Waals surface area contributed by atoms with Crippen LogP contribution in [-0.2, 0) is 0 Å². The number of nitrogens with two attached hydrogens (primary N) is 1. The molecular formula is C14H14ClN3O2. The molecule has 1 heterocycles. The summed E-state index contributed by atoms with van der Waals surface area (Å²) >= 11 is 5.93. The molecule has 0 saturated heterocycles. The number of carbonyl (C=O) groups is 1. The van der Waals surface area contributed by atoms with E-state index in [2.05, 4.69) is 10.4 Å². The highest BCUT2D eigenvalue weighted by molar-refractivity contribution is 6.30. The molecule has 1 amide bonds. The number of benzene rings is 1. The molecule has 1 aromatic carbocycles. The van der Waals surface area contributed by atoms with Gasteiger partial charge in [0, 0.05) is 10.6 Å². The Labute approximate surface area is 121 Å². The van der Waals surface area contributed by atoms with Crippen molar-refractivity contribution in [3.8, 4) is 17.0 Å². The molecule has 0 atom stereocenters. The largest absolute Gasteiger partial charge is 0.496 e. The number of ether oxygens (including phenoxy) is 1. The smallest absolute Gasteiger partial charge is 0.267 e. The van der Waals surface area contributed by atoms with Crippen LogP contribution in [0.3, 0.4) is 0 Å². The van der Waals surface area contributed by atoms with Crippen LogP contribution in [0.5, 0.6) is 5.75 Å². The number of carbonyl (C=O) groups excluding carboxylic acids is 1. The summed E-state index contributed by atoms with van der Waals surface area (Å²) in [5, 5.41) is 0.585. The number of pyridine rings is 1. The number of nitrogens with one attached hydrogen (secondary N) is 1. The maximum absolute atomic E-state index is 11.5. The first-order valence-electron chi connectivity index (χ1n) is 5.89. The van der Waals surface area contributed by atoms with Crippen LogP contribution in [0.25, 0.3) is 11.3 Å². The van der Waals surface area contributed by atoms with E-state index in [1.165, 1.54) is 0 Å². The lowest BCUT2D eigenvalue weighted by Crippen LogP contribution is -2.30. The van der Waals surface area contributed by atoms with Gasteiger partial charge in [-0.15, -0.1) is 0 Å². The minimum atomic E-state index is -0.371. The summed E-state index contributed by atoms with van der Waals surface area (Å²) in [5.41, 5.74) is 4.61. The van der Waals surface area contributed by atoms with Crippen LogP contribution in [0, 0.1) is 6.92 Å². The second-order valence-corrected chi connectivity index (χ2v) is 4.58. The van der Waals surface area contributed by atoms with Crippen LogP contribution in [0.1, 0.15) is 16.1 Å². The first-order chi connectivity index (χ1) is 9.56. The predicted octanol–water partition coefficient (Wildman–Crippen LogP) is 2.32. The van der Waals surface area contributed by atoms with Crippen molar-refractivity contribution in [1.82, 2.24) is 10.4 Å². The maximum atomic E-state index is 11.5. The zero-order valence-corrected chi connectivity index (χ0v) is 11.9. The summed E-state index contributed by atoms with van der Waals surface area (Å²) in [6, 6.07) is 8.72. The van der Waals surface area contributed by atoms with Gasteiger partial charge in [0.1, 0.15) is 5.75 Å². The zero-order chi connectivity index (χ0) is 14.7. The molecule has 0 aliphatic carbocycles. The van der Waals surface area contributed by atoms with Crippen molar-refractivity contribution >= 4 is 17.5 Å². The van der Waals surface area contributed by atoms with Gasteiger partial charge in [-0.2, -0.15) is 0 Å². The van der Waals surface area contributed by atoms with Crippen molar-refractivity contribution in [2.24, 2.45) is 5.84 Å². The standard InChI is InChI=1S/C14H14ClN3O2/c1-8-10(14(19)18-16)5-6-12(17-8)11-4-3-9(15)7-13(11)20-2/h3-7H,16H2,1-2H3,(H,18,19). The highest BCUT2D eigenvalue weighted by atomic mass is 35.5. The van der Waals surface area contributed by atoms with Crippen LogP contribution >= 0.6 is 11.6 Å². The Morgan fingerprint density at radius 2 is 2.10 bits per heavy atom. The van der Waals surface area contributed by atoms with Gasteiger partial charge in [-0.3, -0.25) is 15.2 Å². The van der Waals surface area contributed by atoms with E-state index >= 15 is 0 Å². The lowest BCUT2D eigenvalue weighted by Gasteiger charge is -2.10. The third-order valence-corrected chi connectivity index (χ3v) is 3.14. The van der Waals surface area contributed by atoms with Crippen molar-refractivity contribution < 1.29 is 9.53 Å². The van der Waals surface area contributed by atoms with E-state index in [1.54, 1.807) is 38.3 Å². The summed E-state index contributed by atoms with van der Waals surface area (Å²) in [6.07, 6.45) is 0. The number of amides is 1. The normalized spacial score (nSPS) is 10.2. The van der Waals surface area contributed by atoms with Crippen molar-refractivity contribution in [2.75, 3.05) is 7.11 Å². The van der Waals surface area contributed by atoms with Crippen LogP contribution < -0.4 is 16.0 Å². The molecule has 0 radical (unpaired) electrons. The average molecular weight is 292 g/mol. The number of rotatable bonds is 3. The first kappa shape index (κ1) is 14.3. The van der Waals surface area contributed by atoms with Gasteiger partial charge in [-0.1, -0.05) is 11.6 Å². The minimum absolute atomic E-state index is 0.371. The lowest BCUT2D eigenvalue weighted by molar-refractivity contribution is 0.0952. The predicted molar refractivity (Wildman–Crippen MR) is 77.6 cm³/mol. The van der Waals surface area contributed by atoms with Gasteiger partial charge < -0.3 is 4.74 Å². The fourth-order valence-corrected chi connectivity index (χ4v) is 2.07. The highest BCUT2D eigenvalue weighted by Crippen LogP contribution is 2.31. The van der Waals surface area contributed by atoms with Gasteiger partial charge in [0.2, 0.25) is 0 Å². The Bertz CT molecular complexity index is 659. The van der Waals surface area contributed by atoms with Crippen LogP contribution in [0.15, 0.2) is 30.3 Å². The molecule has 20 heavy (non-hydrogen) atoms. The molecule has 0 aliphatic rings. The Kier molecular flexibility index (Phi) is 4.22. The van der Waals surface area contributed by atoms with E-state index in [0.717, 1.165) is 5.56 Å². The average Bonchev–Trinajstić information content (AvgIpc) is 2.46. The molecule has 0 aliphatic heterocycles. The van der Waals surface area contributed by atoms with E-state index in [1.807, 2.05) is 6.07 Å². The number of hydrogen-bond donors (Lipinski definition) is 2. The lowest BCUT2D eigenvalue weighted by atomic mass is 10.1. The summed E-state index contributed by atoms with van der Waals surface area (Å²) in [4.78, 5) is 15.9. The van der Waals surface area contributed by atoms with E-state index in [-0.39, 0.29) is 5.91 Å². The van der Waals surface area contributed by atoms with E-state index in [0.29, 0.717) is 27.7 Å². The van der Waals surface area contributed by atoms with Gasteiger partial charge in [-0.25, -0.2) is 5.84 Å². The molecule has 104 valence electrons. The molecular weight excluding hydrogens is 278 g/mol. The topological polar surface area (TPSA) is 77.2 Å². The molecule has 0 spiro atoms. The van der Waals surface area contributed by atoms with Crippen molar-refractivity contribution in [3.63, 3.8) is 0 Å². The second-order valence-electron chi connectivity index (χ2n) is 4.15. The number of hydrogen-bond acceptors (Lipinski definition) is 4. The number of methoxy groups -OCH3 is 1. The van der Waals surface area contributed by atoms with Crippen LogP contribution in [-0.4, -0.2) is 18.0 Å². The summed E-state index contributed by atoms with van der Waals surface area (Å²) in [5.74, 6) is 5.38. The third-order valence-electron chi connectivity index (χ3n) is 2.90. The molecule has 0 unspecified atom stereocenters. The molecule has 5 nitrogen and oxygen atoms in total. The summed E-state index contributed by atoms with van der Waals surface area (Å²) in [7, 11) is 1.57. The number of nitrogen functional groups attached to an aromatic ring is 1. The van der Waals surface area contributed by atoms with E-state index in [4.69, 9.17) is 22.2 Å². The zero-order valence-electron chi connectivity index (χ0n) is 11.1. The highest BCUT2D eigenvalue weighted by Gasteiger charge is 2.12. The SMILES string of the molecule is COc1cc(Cl)ccc1-c1ccc(C(=O)NN)c(C)n1. The molecule has 2 rings (SSSR count). The number of halogens is 1. The number of aryl methyl sites for hydroxylation is 1. The van der Waals surface area contributed by atoms with E-state index in [9.17, 15) is 4.79 Å². The van der Waals surface area contributed by atoms with Gasteiger partial charge in [0.05, 0.1) is 24.1 Å². The molecule has 1 aromatic heterocycles. The van der Waals surface area contributed by atoms with Gasteiger partial charge in [0.15, 0.2) is 0 Å². The Balaban J connectivity index is 2.49. The molecule has 2 aromatic rings. The first-order valence-corrected chi connectivity index (χ1v) is 6.27. The fraction of sp³-hybridized carbons (Fsp3) is 0.143. The van der Waals surface area contributed by atoms with E-state index < -0.39 is 0 Å². The number of aromatic nitrogens is 1. The number of hydrazine groups is 1. The van der Waals surface area contributed by atoms with Gasteiger partial charge in [0.25, 0.3) is 5.91 Å². The molecule has 0 fully saturated rings. The Morgan fingerprint density at radius 3 is 2.70 bits per heavy atom. The fourth-order valence-electron chi connectivity index (χ4n) is 1.91. The second kappa shape index (κ2) is 5.90. The molecule has 6 heteroatoms. The van der Waals surface area contributed by atoms with Gasteiger partial charge in [-0.05, 0) is 37.3 Å². The number of nitrogens with zero attached hydrogens (tertiary/aromatic N) is 1. The Hall–Kier alpha value is -2.11. The van der Waals surface area contributed by atoms with Crippen LogP contribution in [0.4, 0.5) is 0 Å². The summed E-state index contributed by atoms with van der Waals surface area (Å²) < 4.78 is 5.30. The Morgan fingerprint density at radius 1 is 1.35 bits per heavy atom. The van der Waals surface area contributed by atoms with Gasteiger partial charge >= 0.3 is 0 Å². The quantitative estimate of drug-likeness (QED) is 0.517. The summed E-state index contributed by atoms with van der Waals surface area (Å²) in [6.45, 7) is 1.75. The molecule has 0 bridgehead atoms. The van der Waals surface area contributed by atoms with Crippen molar-refractivity contribution in [1.29, 1.82) is 0 Å². The monoisotopic (exact) mass is 291 g/mol. The van der Waals surface area contributed by atoms with Crippen molar-refractivity contribution in [3.05, 3.63) is 46.6 Å². The van der Waals surface area contributed by atoms with Crippen molar-refractivity contribution in [2.45, 2.75) is 6.92 Å². The maximum Gasteiger partial charge on any atom is 0.267 e. The molecule has 0 saturated carbocycles. The van der Waals surface area contributed by atoms with Crippen LogP contribution in [0.2, 0.25) is 5.02 Å². The minimum Gasteiger partial charge on any atom is -0.496 e. The third kappa shape index (κ3) is 2.74. The molecule has 3 N–H and O–H groups in total.